The number of likely N-dealkylation sites (tertiary alicyclic amines) is 1. The molecule has 0 radical (unpaired) electrons. The molecule has 2 aromatic heterocycles. The normalized spacial score (nSPS) is 14.4. The molecule has 5 rings (SSSR count). The predicted octanol–water partition coefficient (Wildman–Crippen LogP) is 4.12. The molecule has 1 saturated heterocycles. The van der Waals surface area contributed by atoms with Gasteiger partial charge in [0.25, 0.3) is 0 Å². The van der Waals surface area contributed by atoms with Crippen LogP contribution >= 0.6 is 11.3 Å². The Morgan fingerprint density at radius 1 is 1.11 bits per heavy atom. The Kier molecular flexibility index (Phi) is 3.98. The summed E-state index contributed by atoms with van der Waals surface area (Å²) in [4.78, 5) is 20.0. The summed E-state index contributed by atoms with van der Waals surface area (Å²) in [6, 6.07) is 18.2. The zero-order valence-corrected chi connectivity index (χ0v) is 15.4. The van der Waals surface area contributed by atoms with Crippen molar-refractivity contribution in [2.24, 2.45) is 0 Å². The second-order valence-electron chi connectivity index (χ2n) is 6.74. The lowest BCUT2D eigenvalue weighted by Crippen LogP contribution is -2.49. The van der Waals surface area contributed by atoms with Crippen LogP contribution in [-0.4, -0.2) is 34.0 Å². The fraction of sp³-hybridized carbons (Fsp3) is 0.190. The fourth-order valence-corrected chi connectivity index (χ4v) is 4.12. The highest BCUT2D eigenvalue weighted by molar-refractivity contribution is 7.13. The maximum Gasteiger partial charge on any atom is 0.233 e. The molecule has 0 atom stereocenters. The lowest BCUT2D eigenvalue weighted by atomic mass is 9.97. The number of rotatable bonds is 4. The van der Waals surface area contributed by atoms with Crippen molar-refractivity contribution in [1.82, 2.24) is 15.0 Å². The lowest BCUT2D eigenvalue weighted by Gasteiger charge is -2.37. The van der Waals surface area contributed by atoms with E-state index in [-0.39, 0.29) is 11.8 Å². The lowest BCUT2D eigenvalue weighted by molar-refractivity contribution is -0.135. The molecule has 0 bridgehead atoms. The average Bonchev–Trinajstić information content (AvgIpc) is 3.32. The van der Waals surface area contributed by atoms with Crippen LogP contribution < -0.4 is 0 Å². The molecule has 0 aliphatic carbocycles. The first-order chi connectivity index (χ1) is 13.3. The third-order valence-electron chi connectivity index (χ3n) is 4.99. The Bertz CT molecular complexity index is 1090. The van der Waals surface area contributed by atoms with Gasteiger partial charge in [0.1, 0.15) is 0 Å². The first-order valence-corrected chi connectivity index (χ1v) is 9.78. The number of fused-ring (bicyclic) bond motifs is 1. The highest BCUT2D eigenvalue weighted by atomic mass is 32.1. The summed E-state index contributed by atoms with van der Waals surface area (Å²) in [6.07, 6.45) is 0.415. The molecule has 0 N–H and O–H groups in total. The number of hydrogen-bond acceptors (Lipinski definition) is 5. The molecule has 0 saturated carbocycles. The van der Waals surface area contributed by atoms with Gasteiger partial charge in [0, 0.05) is 13.1 Å². The molecule has 6 heteroatoms. The van der Waals surface area contributed by atoms with Gasteiger partial charge < -0.3 is 9.42 Å². The van der Waals surface area contributed by atoms with Crippen LogP contribution in [0.25, 0.3) is 21.5 Å². The number of carbonyl (C=O) groups is 1. The van der Waals surface area contributed by atoms with Crippen molar-refractivity contribution >= 4 is 28.0 Å². The van der Waals surface area contributed by atoms with Gasteiger partial charge in [-0.2, -0.15) is 4.98 Å². The van der Waals surface area contributed by atoms with Crippen LogP contribution in [0.4, 0.5) is 0 Å². The van der Waals surface area contributed by atoms with Gasteiger partial charge in [-0.05, 0) is 27.8 Å². The van der Waals surface area contributed by atoms with E-state index in [9.17, 15) is 4.79 Å². The van der Waals surface area contributed by atoms with Gasteiger partial charge in [-0.15, -0.1) is 11.3 Å². The van der Waals surface area contributed by atoms with E-state index in [0.717, 1.165) is 21.2 Å². The number of thiophene rings is 1. The van der Waals surface area contributed by atoms with Crippen molar-refractivity contribution in [3.8, 4) is 10.7 Å². The van der Waals surface area contributed by atoms with Crippen LogP contribution in [0.2, 0.25) is 0 Å². The minimum Gasteiger partial charge on any atom is -0.341 e. The first-order valence-electron chi connectivity index (χ1n) is 8.90. The van der Waals surface area contributed by atoms with Crippen LogP contribution in [0.15, 0.2) is 64.5 Å². The third kappa shape index (κ3) is 3.02. The molecule has 27 heavy (non-hydrogen) atoms. The summed E-state index contributed by atoms with van der Waals surface area (Å²) in [7, 11) is 0. The molecule has 5 nitrogen and oxygen atoms in total. The van der Waals surface area contributed by atoms with Gasteiger partial charge in [0.05, 0.1) is 17.2 Å². The molecule has 4 aromatic rings. The van der Waals surface area contributed by atoms with Gasteiger partial charge >= 0.3 is 0 Å². The van der Waals surface area contributed by atoms with E-state index in [4.69, 9.17) is 4.52 Å². The maximum atomic E-state index is 12.7. The summed E-state index contributed by atoms with van der Waals surface area (Å²) in [5, 5.41) is 8.35. The van der Waals surface area contributed by atoms with Crippen molar-refractivity contribution in [2.45, 2.75) is 12.3 Å². The van der Waals surface area contributed by atoms with E-state index in [1.807, 2.05) is 46.7 Å². The second kappa shape index (κ2) is 6.63. The van der Waals surface area contributed by atoms with Gasteiger partial charge in [-0.25, -0.2) is 0 Å². The van der Waals surface area contributed by atoms with Crippen LogP contribution in [0.5, 0.6) is 0 Å². The van der Waals surface area contributed by atoms with Crippen LogP contribution in [0.1, 0.15) is 17.4 Å². The third-order valence-corrected chi connectivity index (χ3v) is 5.85. The Labute approximate surface area is 160 Å². The summed E-state index contributed by atoms with van der Waals surface area (Å²) in [5.41, 5.74) is 1.07. The first kappa shape index (κ1) is 16.2. The van der Waals surface area contributed by atoms with Gasteiger partial charge in [0.15, 0.2) is 0 Å². The Morgan fingerprint density at radius 2 is 1.96 bits per heavy atom. The van der Waals surface area contributed by atoms with E-state index in [0.29, 0.717) is 31.2 Å². The van der Waals surface area contributed by atoms with Crippen molar-refractivity contribution in [2.75, 3.05) is 13.1 Å². The number of hydrogen-bond donors (Lipinski definition) is 0. The summed E-state index contributed by atoms with van der Waals surface area (Å²) >= 11 is 1.58. The molecule has 3 heterocycles. The minimum absolute atomic E-state index is 0.127. The van der Waals surface area contributed by atoms with Gasteiger partial charge in [-0.3, -0.25) is 4.79 Å². The standard InChI is InChI=1S/C21H17N3O2S/c25-19(11-15-7-3-6-14-5-1-2-8-17(14)15)24-12-16(13-24)21-22-20(23-26-21)18-9-4-10-27-18/h1-10,16H,11-13H2. The monoisotopic (exact) mass is 375 g/mol. The average molecular weight is 375 g/mol. The molecule has 1 amide bonds. The topological polar surface area (TPSA) is 59.2 Å². The molecule has 1 aliphatic rings. The summed E-state index contributed by atoms with van der Waals surface area (Å²) in [5.74, 6) is 1.51. The van der Waals surface area contributed by atoms with E-state index < -0.39 is 0 Å². The van der Waals surface area contributed by atoms with E-state index in [1.165, 1.54) is 0 Å². The summed E-state index contributed by atoms with van der Waals surface area (Å²) in [6.45, 7) is 1.27. The molecule has 0 spiro atoms. The van der Waals surface area contributed by atoms with E-state index in [1.54, 1.807) is 11.3 Å². The maximum absolute atomic E-state index is 12.7. The number of carbonyl (C=O) groups excluding carboxylic acids is 1. The molecule has 0 unspecified atom stereocenters. The van der Waals surface area contributed by atoms with Crippen molar-refractivity contribution in [1.29, 1.82) is 0 Å². The second-order valence-corrected chi connectivity index (χ2v) is 7.69. The number of aromatic nitrogens is 2. The molecule has 134 valence electrons. The molecular formula is C21H17N3O2S. The largest absolute Gasteiger partial charge is 0.341 e. The quantitative estimate of drug-likeness (QED) is 0.538. The van der Waals surface area contributed by atoms with Crippen LogP contribution in [0.3, 0.4) is 0 Å². The predicted molar refractivity (Wildman–Crippen MR) is 105 cm³/mol. The van der Waals surface area contributed by atoms with Crippen LogP contribution in [0, 0.1) is 0 Å². The SMILES string of the molecule is O=C(Cc1cccc2ccccc12)N1CC(c2nc(-c3cccs3)no2)C1. The zero-order chi connectivity index (χ0) is 18.2. The highest BCUT2D eigenvalue weighted by Crippen LogP contribution is 2.30. The number of nitrogens with zero attached hydrogens (tertiary/aromatic N) is 3. The fourth-order valence-electron chi connectivity index (χ4n) is 3.47. The summed E-state index contributed by atoms with van der Waals surface area (Å²) < 4.78 is 5.40. The molecule has 1 aliphatic heterocycles. The van der Waals surface area contributed by atoms with Crippen LogP contribution in [-0.2, 0) is 11.2 Å². The molecule has 2 aromatic carbocycles. The van der Waals surface area contributed by atoms with Crippen molar-refractivity contribution in [3.05, 3.63) is 71.4 Å². The Balaban J connectivity index is 1.25. The van der Waals surface area contributed by atoms with Gasteiger partial charge in [-0.1, -0.05) is 53.7 Å². The van der Waals surface area contributed by atoms with Gasteiger partial charge in [0.2, 0.25) is 17.6 Å². The molecule has 1 fully saturated rings. The highest BCUT2D eigenvalue weighted by Gasteiger charge is 2.35. The van der Waals surface area contributed by atoms with E-state index >= 15 is 0 Å². The minimum atomic E-state index is 0.127. The van der Waals surface area contributed by atoms with E-state index in [2.05, 4.69) is 28.3 Å². The number of amides is 1. The number of benzene rings is 2. The Morgan fingerprint density at radius 3 is 2.81 bits per heavy atom. The van der Waals surface area contributed by atoms with Crippen molar-refractivity contribution in [3.63, 3.8) is 0 Å². The smallest absolute Gasteiger partial charge is 0.233 e. The molecular weight excluding hydrogens is 358 g/mol. The Hall–Kier alpha value is -2.99. The van der Waals surface area contributed by atoms with Crippen molar-refractivity contribution < 1.29 is 9.32 Å². The zero-order valence-electron chi connectivity index (χ0n) is 14.5.